The van der Waals surface area contributed by atoms with Gasteiger partial charge in [-0.2, -0.15) is 0 Å². The molecule has 0 aromatic carbocycles. The van der Waals surface area contributed by atoms with Crippen LogP contribution in [0.2, 0.25) is 0 Å². The number of nitrogens with two attached hydrogens (primary N) is 1. The lowest BCUT2D eigenvalue weighted by Gasteiger charge is -2.29. The summed E-state index contributed by atoms with van der Waals surface area (Å²) in [6, 6.07) is 0.310. The number of aliphatic hydroxyl groups is 1. The first-order valence-electron chi connectivity index (χ1n) is 7.06. The number of carbonyl (C=O) groups is 1. The van der Waals surface area contributed by atoms with E-state index < -0.39 is 0 Å². The fraction of sp³-hybridized carbons (Fsp3) is 0.923. The van der Waals surface area contributed by atoms with Crippen molar-refractivity contribution in [3.8, 4) is 0 Å². The fourth-order valence-corrected chi connectivity index (χ4v) is 2.86. The van der Waals surface area contributed by atoms with E-state index in [1.807, 2.05) is 0 Å². The van der Waals surface area contributed by atoms with Crippen molar-refractivity contribution in [1.82, 2.24) is 10.2 Å². The molecule has 2 unspecified atom stereocenters. The molecule has 5 nitrogen and oxygen atoms in total. The standard InChI is InChI=1S/C13H25N3O2/c14-11-3-5-16(6-4-11)9-13(18)15-8-10-1-2-12(17)7-10/h10-12,17H,1-9,14H2,(H,15,18). The van der Waals surface area contributed by atoms with E-state index in [1.54, 1.807) is 0 Å². The average molecular weight is 255 g/mol. The molecular weight excluding hydrogens is 230 g/mol. The van der Waals surface area contributed by atoms with Crippen LogP contribution in [0.4, 0.5) is 0 Å². The van der Waals surface area contributed by atoms with Crippen LogP contribution in [0.25, 0.3) is 0 Å². The van der Waals surface area contributed by atoms with Crippen molar-refractivity contribution in [2.45, 2.75) is 44.2 Å². The maximum atomic E-state index is 11.8. The van der Waals surface area contributed by atoms with Crippen LogP contribution in [0.15, 0.2) is 0 Å². The Morgan fingerprint density at radius 2 is 2.00 bits per heavy atom. The van der Waals surface area contributed by atoms with Gasteiger partial charge < -0.3 is 16.2 Å². The molecule has 1 heterocycles. The third-order valence-electron chi connectivity index (χ3n) is 4.10. The van der Waals surface area contributed by atoms with Gasteiger partial charge in [0.05, 0.1) is 12.6 Å². The van der Waals surface area contributed by atoms with Crippen LogP contribution in [0.1, 0.15) is 32.1 Å². The highest BCUT2D eigenvalue weighted by atomic mass is 16.3. The van der Waals surface area contributed by atoms with Crippen molar-refractivity contribution in [3.05, 3.63) is 0 Å². The van der Waals surface area contributed by atoms with Crippen molar-refractivity contribution in [1.29, 1.82) is 0 Å². The maximum absolute atomic E-state index is 11.8. The Morgan fingerprint density at radius 1 is 1.28 bits per heavy atom. The molecule has 2 atom stereocenters. The zero-order valence-corrected chi connectivity index (χ0v) is 11.0. The number of aliphatic hydroxyl groups excluding tert-OH is 1. The molecule has 2 rings (SSSR count). The molecule has 2 aliphatic rings. The number of carbonyl (C=O) groups excluding carboxylic acids is 1. The predicted octanol–water partition coefficient (Wildman–Crippen LogP) is -0.313. The van der Waals surface area contributed by atoms with Gasteiger partial charge in [-0.25, -0.2) is 0 Å². The number of nitrogens with zero attached hydrogens (tertiary/aromatic N) is 1. The molecule has 0 spiro atoms. The maximum Gasteiger partial charge on any atom is 0.234 e. The van der Waals surface area contributed by atoms with E-state index in [0.29, 0.717) is 25.0 Å². The van der Waals surface area contributed by atoms with Crippen molar-refractivity contribution in [2.24, 2.45) is 11.7 Å². The van der Waals surface area contributed by atoms with Crippen LogP contribution in [-0.2, 0) is 4.79 Å². The van der Waals surface area contributed by atoms with Gasteiger partial charge in [0.25, 0.3) is 0 Å². The van der Waals surface area contributed by atoms with E-state index in [0.717, 1.165) is 45.2 Å². The lowest BCUT2D eigenvalue weighted by Crippen LogP contribution is -2.45. The van der Waals surface area contributed by atoms with Crippen LogP contribution in [0, 0.1) is 5.92 Å². The Hall–Kier alpha value is -0.650. The zero-order chi connectivity index (χ0) is 13.0. The van der Waals surface area contributed by atoms with E-state index in [-0.39, 0.29) is 12.0 Å². The quantitative estimate of drug-likeness (QED) is 0.644. The Morgan fingerprint density at radius 3 is 2.61 bits per heavy atom. The molecule has 104 valence electrons. The third-order valence-corrected chi connectivity index (χ3v) is 4.10. The van der Waals surface area contributed by atoms with Gasteiger partial charge in [-0.1, -0.05) is 0 Å². The Kier molecular flexibility index (Phi) is 4.97. The lowest BCUT2D eigenvalue weighted by molar-refractivity contribution is -0.122. The van der Waals surface area contributed by atoms with Gasteiger partial charge in [0.15, 0.2) is 0 Å². The summed E-state index contributed by atoms with van der Waals surface area (Å²) in [6.07, 6.45) is 4.56. The Labute approximate surface area is 109 Å². The second-order valence-corrected chi connectivity index (χ2v) is 5.75. The highest BCUT2D eigenvalue weighted by Crippen LogP contribution is 2.24. The number of rotatable bonds is 4. The van der Waals surface area contributed by atoms with Crippen molar-refractivity contribution in [3.63, 3.8) is 0 Å². The highest BCUT2D eigenvalue weighted by Gasteiger charge is 2.23. The van der Waals surface area contributed by atoms with Crippen LogP contribution >= 0.6 is 0 Å². The Balaban J connectivity index is 1.60. The summed E-state index contributed by atoms with van der Waals surface area (Å²) >= 11 is 0. The summed E-state index contributed by atoms with van der Waals surface area (Å²) in [7, 11) is 0. The van der Waals surface area contributed by atoms with Crippen LogP contribution < -0.4 is 11.1 Å². The summed E-state index contributed by atoms with van der Waals surface area (Å²) in [5.74, 6) is 0.561. The molecule has 1 aliphatic carbocycles. The molecule has 5 heteroatoms. The minimum Gasteiger partial charge on any atom is -0.393 e. The topological polar surface area (TPSA) is 78.6 Å². The molecule has 18 heavy (non-hydrogen) atoms. The number of likely N-dealkylation sites (tertiary alicyclic amines) is 1. The smallest absolute Gasteiger partial charge is 0.234 e. The number of hydrogen-bond acceptors (Lipinski definition) is 4. The van der Waals surface area contributed by atoms with Crippen molar-refractivity contribution in [2.75, 3.05) is 26.2 Å². The average Bonchev–Trinajstić information content (AvgIpc) is 2.76. The van der Waals surface area contributed by atoms with Crippen LogP contribution in [0.5, 0.6) is 0 Å². The van der Waals surface area contributed by atoms with Crippen molar-refractivity contribution >= 4 is 5.91 Å². The minimum atomic E-state index is -0.157. The number of amides is 1. The first-order chi connectivity index (χ1) is 8.63. The van der Waals surface area contributed by atoms with Gasteiger partial charge in [0, 0.05) is 25.7 Å². The summed E-state index contributed by atoms with van der Waals surface area (Å²) in [5, 5.41) is 12.4. The summed E-state index contributed by atoms with van der Waals surface area (Å²) in [4.78, 5) is 14.0. The summed E-state index contributed by atoms with van der Waals surface area (Å²) < 4.78 is 0. The molecule has 1 saturated carbocycles. The first-order valence-corrected chi connectivity index (χ1v) is 7.06. The molecule has 2 fully saturated rings. The van der Waals surface area contributed by atoms with E-state index >= 15 is 0 Å². The fourth-order valence-electron chi connectivity index (χ4n) is 2.86. The first kappa shape index (κ1) is 13.8. The van der Waals surface area contributed by atoms with Crippen molar-refractivity contribution < 1.29 is 9.90 Å². The third kappa shape index (κ3) is 4.23. The molecule has 1 amide bonds. The largest absolute Gasteiger partial charge is 0.393 e. The Bertz CT molecular complexity index is 277. The molecule has 4 N–H and O–H groups in total. The molecular formula is C13H25N3O2. The zero-order valence-electron chi connectivity index (χ0n) is 11.0. The molecule has 1 aliphatic heterocycles. The number of piperidine rings is 1. The lowest BCUT2D eigenvalue weighted by atomic mass is 10.1. The van der Waals surface area contributed by atoms with Crippen LogP contribution in [-0.4, -0.2) is 54.2 Å². The van der Waals surface area contributed by atoms with Gasteiger partial charge in [0.1, 0.15) is 0 Å². The SMILES string of the molecule is NC1CCN(CC(=O)NCC2CCC(O)C2)CC1. The summed E-state index contributed by atoms with van der Waals surface area (Å²) in [5.41, 5.74) is 5.83. The van der Waals surface area contributed by atoms with Gasteiger partial charge in [-0.15, -0.1) is 0 Å². The normalized spacial score (nSPS) is 30.6. The van der Waals surface area contributed by atoms with E-state index in [1.165, 1.54) is 0 Å². The van der Waals surface area contributed by atoms with Crippen LogP contribution in [0.3, 0.4) is 0 Å². The number of hydrogen-bond donors (Lipinski definition) is 3. The van der Waals surface area contributed by atoms with Gasteiger partial charge in [-0.3, -0.25) is 9.69 Å². The molecule has 0 aromatic rings. The van der Waals surface area contributed by atoms with Gasteiger partial charge in [-0.05, 0) is 38.0 Å². The monoisotopic (exact) mass is 255 g/mol. The molecule has 0 aromatic heterocycles. The van der Waals surface area contributed by atoms with Gasteiger partial charge >= 0.3 is 0 Å². The van der Waals surface area contributed by atoms with Gasteiger partial charge in [0.2, 0.25) is 5.91 Å². The molecule has 0 radical (unpaired) electrons. The molecule has 0 bridgehead atoms. The minimum absolute atomic E-state index is 0.104. The second-order valence-electron chi connectivity index (χ2n) is 5.75. The number of nitrogens with one attached hydrogen (secondary N) is 1. The van der Waals surface area contributed by atoms with E-state index in [2.05, 4.69) is 10.2 Å². The molecule has 1 saturated heterocycles. The van der Waals surface area contributed by atoms with E-state index in [4.69, 9.17) is 5.73 Å². The summed E-state index contributed by atoms with van der Waals surface area (Å²) in [6.45, 7) is 3.05. The predicted molar refractivity (Wildman–Crippen MR) is 70.0 cm³/mol. The second kappa shape index (κ2) is 6.50. The highest BCUT2D eigenvalue weighted by molar-refractivity contribution is 5.78. The van der Waals surface area contributed by atoms with E-state index in [9.17, 15) is 9.90 Å².